The van der Waals surface area contributed by atoms with Crippen molar-refractivity contribution in [1.29, 1.82) is 0 Å². The van der Waals surface area contributed by atoms with Gasteiger partial charge in [0.2, 0.25) is 0 Å². The molecular formula is C24H27N3O2S. The number of nitrogens with one attached hydrogen (secondary N) is 1. The summed E-state index contributed by atoms with van der Waals surface area (Å²) in [4.78, 5) is 31.0. The highest BCUT2D eigenvalue weighted by atomic mass is 32.1. The van der Waals surface area contributed by atoms with Crippen LogP contribution in [0.1, 0.15) is 56.3 Å². The summed E-state index contributed by atoms with van der Waals surface area (Å²) in [6, 6.07) is 15.1. The number of carbonyl (C=O) groups is 2. The number of aromatic nitrogens is 1. The number of aryl methyl sites for hydroxylation is 2. The maximum Gasteiger partial charge on any atom is 0.279 e. The van der Waals surface area contributed by atoms with Gasteiger partial charge in [-0.15, -0.1) is 11.3 Å². The molecule has 2 aromatic carbocycles. The number of benzene rings is 2. The lowest BCUT2D eigenvalue weighted by Gasteiger charge is -2.10. The van der Waals surface area contributed by atoms with Gasteiger partial charge in [-0.1, -0.05) is 29.8 Å². The predicted molar refractivity (Wildman–Crippen MR) is 121 cm³/mol. The summed E-state index contributed by atoms with van der Waals surface area (Å²) in [5, 5.41) is 2.90. The SMILES string of the molecule is Cc1ccc(C(=O)N=c2sc(C)c(C)n2Cc2ccc(C(=O)NC(C)C)cc2)cc1. The van der Waals surface area contributed by atoms with E-state index in [-0.39, 0.29) is 17.9 Å². The van der Waals surface area contributed by atoms with Gasteiger partial charge in [0.15, 0.2) is 4.80 Å². The third kappa shape index (κ3) is 5.13. The number of hydrogen-bond acceptors (Lipinski definition) is 3. The van der Waals surface area contributed by atoms with Crippen LogP contribution in [0.15, 0.2) is 53.5 Å². The molecule has 0 atom stereocenters. The highest BCUT2D eigenvalue weighted by molar-refractivity contribution is 7.09. The Labute approximate surface area is 181 Å². The minimum absolute atomic E-state index is 0.0776. The molecule has 2 amide bonds. The average Bonchev–Trinajstić information content (AvgIpc) is 2.96. The van der Waals surface area contributed by atoms with E-state index >= 15 is 0 Å². The first kappa shape index (κ1) is 21.7. The van der Waals surface area contributed by atoms with E-state index in [1.807, 2.05) is 71.0 Å². The second kappa shape index (κ2) is 9.22. The van der Waals surface area contributed by atoms with Crippen LogP contribution in [0.25, 0.3) is 0 Å². The molecule has 0 saturated heterocycles. The van der Waals surface area contributed by atoms with Crippen LogP contribution in [0.5, 0.6) is 0 Å². The molecule has 3 aromatic rings. The maximum absolute atomic E-state index is 12.6. The van der Waals surface area contributed by atoms with Crippen molar-refractivity contribution in [2.24, 2.45) is 4.99 Å². The van der Waals surface area contributed by atoms with E-state index in [1.165, 1.54) is 11.3 Å². The van der Waals surface area contributed by atoms with Gasteiger partial charge in [-0.25, -0.2) is 0 Å². The van der Waals surface area contributed by atoms with Gasteiger partial charge >= 0.3 is 0 Å². The van der Waals surface area contributed by atoms with Crippen molar-refractivity contribution in [2.45, 2.75) is 47.2 Å². The van der Waals surface area contributed by atoms with Gasteiger partial charge in [0, 0.05) is 27.7 Å². The second-order valence-electron chi connectivity index (χ2n) is 7.72. The van der Waals surface area contributed by atoms with Gasteiger partial charge in [0.05, 0.1) is 6.54 Å². The van der Waals surface area contributed by atoms with Crippen molar-refractivity contribution < 1.29 is 9.59 Å². The van der Waals surface area contributed by atoms with E-state index in [9.17, 15) is 9.59 Å². The van der Waals surface area contributed by atoms with E-state index in [0.717, 1.165) is 21.7 Å². The molecule has 1 heterocycles. The number of carbonyl (C=O) groups excluding carboxylic acids is 2. The topological polar surface area (TPSA) is 63.5 Å². The smallest absolute Gasteiger partial charge is 0.279 e. The molecule has 3 rings (SSSR count). The Bertz CT molecular complexity index is 1120. The maximum atomic E-state index is 12.6. The van der Waals surface area contributed by atoms with Gasteiger partial charge in [-0.05, 0) is 64.4 Å². The van der Waals surface area contributed by atoms with Gasteiger partial charge in [0.25, 0.3) is 11.8 Å². The van der Waals surface area contributed by atoms with Crippen LogP contribution in [-0.2, 0) is 6.54 Å². The molecule has 0 saturated carbocycles. The van der Waals surface area contributed by atoms with Crippen molar-refractivity contribution in [3.63, 3.8) is 0 Å². The minimum Gasteiger partial charge on any atom is -0.350 e. The van der Waals surface area contributed by atoms with Crippen LogP contribution in [0.2, 0.25) is 0 Å². The van der Waals surface area contributed by atoms with Crippen molar-refractivity contribution in [3.8, 4) is 0 Å². The largest absolute Gasteiger partial charge is 0.350 e. The standard InChI is InChI=1S/C24H27N3O2S/c1-15(2)25-22(28)21-12-8-19(9-13-21)14-27-17(4)18(5)30-24(27)26-23(29)20-10-6-16(3)7-11-20/h6-13,15H,14H2,1-5H3,(H,25,28). The Morgan fingerprint density at radius 2 is 1.57 bits per heavy atom. The number of rotatable bonds is 5. The van der Waals surface area contributed by atoms with E-state index in [2.05, 4.69) is 14.9 Å². The lowest BCUT2D eigenvalue weighted by Crippen LogP contribution is -2.30. The first-order valence-corrected chi connectivity index (χ1v) is 10.8. The van der Waals surface area contributed by atoms with Gasteiger partial charge in [0.1, 0.15) is 0 Å². The summed E-state index contributed by atoms with van der Waals surface area (Å²) < 4.78 is 2.05. The van der Waals surface area contributed by atoms with E-state index in [4.69, 9.17) is 0 Å². The Balaban J connectivity index is 1.87. The molecule has 0 radical (unpaired) electrons. The van der Waals surface area contributed by atoms with Crippen molar-refractivity contribution in [3.05, 3.63) is 86.2 Å². The van der Waals surface area contributed by atoms with Crippen molar-refractivity contribution >= 4 is 23.2 Å². The molecule has 30 heavy (non-hydrogen) atoms. The minimum atomic E-state index is -0.245. The summed E-state index contributed by atoms with van der Waals surface area (Å²) in [6.45, 7) is 10.5. The zero-order chi connectivity index (χ0) is 21.8. The fourth-order valence-electron chi connectivity index (χ4n) is 3.01. The Hall–Kier alpha value is -2.99. The quantitative estimate of drug-likeness (QED) is 0.664. The first-order chi connectivity index (χ1) is 14.2. The molecule has 0 aliphatic rings. The number of amides is 2. The summed E-state index contributed by atoms with van der Waals surface area (Å²) in [5.41, 5.74) is 4.44. The molecule has 5 nitrogen and oxygen atoms in total. The van der Waals surface area contributed by atoms with Crippen LogP contribution < -0.4 is 10.1 Å². The highest BCUT2D eigenvalue weighted by Crippen LogP contribution is 2.14. The Kier molecular flexibility index (Phi) is 6.67. The second-order valence-corrected chi connectivity index (χ2v) is 8.90. The summed E-state index contributed by atoms with van der Waals surface area (Å²) in [6.07, 6.45) is 0. The Morgan fingerprint density at radius 3 is 2.17 bits per heavy atom. The van der Waals surface area contributed by atoms with Gasteiger partial charge in [-0.3, -0.25) is 9.59 Å². The molecule has 0 fully saturated rings. The molecule has 0 unspecified atom stereocenters. The third-order valence-corrected chi connectivity index (χ3v) is 5.96. The molecule has 1 aromatic heterocycles. The van der Waals surface area contributed by atoms with Crippen molar-refractivity contribution in [2.75, 3.05) is 0 Å². The number of hydrogen-bond donors (Lipinski definition) is 1. The molecule has 6 heteroatoms. The van der Waals surface area contributed by atoms with Crippen LogP contribution in [-0.4, -0.2) is 22.4 Å². The highest BCUT2D eigenvalue weighted by Gasteiger charge is 2.11. The predicted octanol–water partition coefficient (Wildman–Crippen LogP) is 4.40. The fraction of sp³-hybridized carbons (Fsp3) is 0.292. The van der Waals surface area contributed by atoms with Crippen LogP contribution in [0.3, 0.4) is 0 Å². The monoisotopic (exact) mass is 421 g/mol. The van der Waals surface area contributed by atoms with Crippen LogP contribution in [0, 0.1) is 20.8 Å². The van der Waals surface area contributed by atoms with Gasteiger partial charge in [-0.2, -0.15) is 4.99 Å². The fourth-order valence-corrected chi connectivity index (χ4v) is 3.98. The summed E-state index contributed by atoms with van der Waals surface area (Å²) in [5.74, 6) is -0.322. The molecule has 0 bridgehead atoms. The lowest BCUT2D eigenvalue weighted by molar-refractivity contribution is 0.0942. The zero-order valence-corrected chi connectivity index (χ0v) is 18.8. The Morgan fingerprint density at radius 1 is 0.967 bits per heavy atom. The zero-order valence-electron chi connectivity index (χ0n) is 18.0. The molecule has 0 spiro atoms. The first-order valence-electron chi connectivity index (χ1n) is 9.97. The van der Waals surface area contributed by atoms with E-state index in [1.54, 1.807) is 12.1 Å². The molecule has 1 N–H and O–H groups in total. The van der Waals surface area contributed by atoms with E-state index < -0.39 is 0 Å². The summed E-state index contributed by atoms with van der Waals surface area (Å²) >= 11 is 1.51. The third-order valence-electron chi connectivity index (χ3n) is 4.86. The molecular weight excluding hydrogens is 394 g/mol. The molecule has 156 valence electrons. The van der Waals surface area contributed by atoms with Crippen LogP contribution >= 0.6 is 11.3 Å². The van der Waals surface area contributed by atoms with Crippen LogP contribution in [0.4, 0.5) is 0 Å². The molecule has 0 aliphatic heterocycles. The lowest BCUT2D eigenvalue weighted by atomic mass is 10.1. The van der Waals surface area contributed by atoms with Gasteiger partial charge < -0.3 is 9.88 Å². The number of thiazole rings is 1. The van der Waals surface area contributed by atoms with E-state index in [0.29, 0.717) is 22.5 Å². The van der Waals surface area contributed by atoms with Crippen molar-refractivity contribution in [1.82, 2.24) is 9.88 Å². The normalized spacial score (nSPS) is 11.7. The summed E-state index contributed by atoms with van der Waals surface area (Å²) in [7, 11) is 0. The number of nitrogens with zero attached hydrogens (tertiary/aromatic N) is 2. The average molecular weight is 422 g/mol. The molecule has 0 aliphatic carbocycles.